The van der Waals surface area contributed by atoms with Crippen molar-refractivity contribution < 1.29 is 18.4 Å². The number of halogens is 2. The first-order chi connectivity index (χ1) is 13.0. The highest BCUT2D eigenvalue weighted by Gasteiger charge is 2.26. The first-order valence-corrected chi connectivity index (χ1v) is 8.84. The van der Waals surface area contributed by atoms with E-state index in [9.17, 15) is 18.4 Å². The molecule has 142 valence electrons. The quantitative estimate of drug-likeness (QED) is 0.847. The molecule has 0 saturated heterocycles. The van der Waals surface area contributed by atoms with Crippen LogP contribution in [0, 0.1) is 11.6 Å². The van der Waals surface area contributed by atoms with E-state index in [4.69, 9.17) is 0 Å². The second kappa shape index (κ2) is 8.26. The second-order valence-corrected chi connectivity index (χ2v) is 6.37. The van der Waals surface area contributed by atoms with E-state index in [2.05, 4.69) is 5.32 Å². The molecular formula is C20H21F2N3O2. The molecule has 0 aromatic heterocycles. The van der Waals surface area contributed by atoms with Gasteiger partial charge in [-0.3, -0.25) is 14.5 Å². The molecule has 2 aromatic rings. The lowest BCUT2D eigenvalue weighted by atomic mass is 10.2. The van der Waals surface area contributed by atoms with Crippen LogP contribution in [-0.2, 0) is 16.0 Å². The molecule has 0 radical (unpaired) electrons. The first-order valence-electron chi connectivity index (χ1n) is 8.84. The molecule has 0 spiro atoms. The van der Waals surface area contributed by atoms with E-state index >= 15 is 0 Å². The van der Waals surface area contributed by atoms with E-state index in [-0.39, 0.29) is 19.0 Å². The molecule has 0 unspecified atom stereocenters. The molecule has 0 saturated carbocycles. The SMILES string of the molecule is CCN(CC(=O)Nc1c(F)cccc1F)CC(=O)N1CCc2ccccc21. The zero-order valence-electron chi connectivity index (χ0n) is 15.0. The number of fused-ring (bicyclic) bond motifs is 1. The van der Waals surface area contributed by atoms with Crippen LogP contribution in [0.4, 0.5) is 20.2 Å². The monoisotopic (exact) mass is 373 g/mol. The number of likely N-dealkylation sites (N-methyl/N-ethyl adjacent to an activating group) is 1. The summed E-state index contributed by atoms with van der Waals surface area (Å²) < 4.78 is 27.3. The van der Waals surface area contributed by atoms with Crippen LogP contribution in [0.2, 0.25) is 0 Å². The number of hydrogen-bond acceptors (Lipinski definition) is 3. The van der Waals surface area contributed by atoms with Gasteiger partial charge >= 0.3 is 0 Å². The Morgan fingerprint density at radius 1 is 1.07 bits per heavy atom. The summed E-state index contributed by atoms with van der Waals surface area (Å²) in [6, 6.07) is 11.1. The average molecular weight is 373 g/mol. The Labute approximate surface area is 156 Å². The van der Waals surface area contributed by atoms with Gasteiger partial charge in [-0.1, -0.05) is 31.2 Å². The molecule has 7 heteroatoms. The van der Waals surface area contributed by atoms with Gasteiger partial charge in [0.2, 0.25) is 11.8 Å². The number of anilines is 2. The minimum atomic E-state index is -0.837. The molecule has 3 rings (SSSR count). The van der Waals surface area contributed by atoms with Crippen molar-refractivity contribution in [2.45, 2.75) is 13.3 Å². The number of hydrogen-bond donors (Lipinski definition) is 1. The highest BCUT2D eigenvalue weighted by molar-refractivity contribution is 5.97. The third-order valence-corrected chi connectivity index (χ3v) is 4.59. The molecule has 2 amide bonds. The molecule has 5 nitrogen and oxygen atoms in total. The number of benzene rings is 2. The molecule has 27 heavy (non-hydrogen) atoms. The molecule has 0 bridgehead atoms. The van der Waals surface area contributed by atoms with Crippen molar-refractivity contribution in [3.05, 3.63) is 59.7 Å². The number of nitrogens with zero attached hydrogens (tertiary/aromatic N) is 2. The molecule has 1 aliphatic rings. The Balaban J connectivity index is 1.61. The van der Waals surface area contributed by atoms with E-state index in [1.54, 1.807) is 9.80 Å². The van der Waals surface area contributed by atoms with Gasteiger partial charge in [-0.05, 0) is 36.7 Å². The Kier molecular flexibility index (Phi) is 5.81. The van der Waals surface area contributed by atoms with Crippen LogP contribution in [0.1, 0.15) is 12.5 Å². The van der Waals surface area contributed by atoms with Gasteiger partial charge < -0.3 is 10.2 Å². The van der Waals surface area contributed by atoms with Gasteiger partial charge in [-0.15, -0.1) is 0 Å². The lowest BCUT2D eigenvalue weighted by molar-refractivity contribution is -0.121. The number of nitrogens with one attached hydrogen (secondary N) is 1. The molecule has 0 atom stereocenters. The predicted octanol–water partition coefficient (Wildman–Crippen LogP) is 2.81. The number of rotatable bonds is 6. The zero-order chi connectivity index (χ0) is 19.4. The first kappa shape index (κ1) is 19.0. The van der Waals surface area contributed by atoms with Crippen LogP contribution < -0.4 is 10.2 Å². The van der Waals surface area contributed by atoms with Gasteiger partial charge in [0.25, 0.3) is 0 Å². The molecule has 0 aliphatic carbocycles. The maximum atomic E-state index is 13.7. The summed E-state index contributed by atoms with van der Waals surface area (Å²) in [6.07, 6.45) is 0.807. The normalized spacial score (nSPS) is 13.0. The Morgan fingerprint density at radius 3 is 2.48 bits per heavy atom. The highest BCUT2D eigenvalue weighted by atomic mass is 19.1. The van der Waals surface area contributed by atoms with Crippen LogP contribution in [0.5, 0.6) is 0 Å². The smallest absolute Gasteiger partial charge is 0.241 e. The van der Waals surface area contributed by atoms with Crippen molar-refractivity contribution in [1.82, 2.24) is 4.90 Å². The summed E-state index contributed by atoms with van der Waals surface area (Å²) in [4.78, 5) is 28.2. The summed E-state index contributed by atoms with van der Waals surface area (Å²) >= 11 is 0. The molecule has 2 aromatic carbocycles. The predicted molar refractivity (Wildman–Crippen MR) is 99.6 cm³/mol. The van der Waals surface area contributed by atoms with Gasteiger partial charge in [0, 0.05) is 12.2 Å². The van der Waals surface area contributed by atoms with E-state index in [1.165, 1.54) is 6.07 Å². The molecule has 1 heterocycles. The number of carbonyl (C=O) groups excluding carboxylic acids is 2. The van der Waals surface area contributed by atoms with Gasteiger partial charge in [-0.2, -0.15) is 0 Å². The van der Waals surface area contributed by atoms with E-state index in [0.29, 0.717) is 13.1 Å². The lowest BCUT2D eigenvalue weighted by Crippen LogP contribution is -2.42. The summed E-state index contributed by atoms with van der Waals surface area (Å²) in [5.41, 5.74) is 1.55. The van der Waals surface area contributed by atoms with Crippen molar-refractivity contribution in [3.8, 4) is 0 Å². The molecule has 0 fully saturated rings. The lowest BCUT2D eigenvalue weighted by Gasteiger charge is -2.24. The topological polar surface area (TPSA) is 52.7 Å². The number of carbonyl (C=O) groups is 2. The summed E-state index contributed by atoms with van der Waals surface area (Å²) in [5.74, 6) is -2.35. The fraction of sp³-hybridized carbons (Fsp3) is 0.300. The summed E-state index contributed by atoms with van der Waals surface area (Å²) in [7, 11) is 0. The third kappa shape index (κ3) is 4.31. The zero-order valence-corrected chi connectivity index (χ0v) is 15.0. The Hall–Kier alpha value is -2.80. The van der Waals surface area contributed by atoms with E-state index in [1.807, 2.05) is 31.2 Å². The largest absolute Gasteiger partial charge is 0.320 e. The third-order valence-electron chi connectivity index (χ3n) is 4.59. The Bertz CT molecular complexity index is 837. The van der Waals surface area contributed by atoms with Crippen LogP contribution >= 0.6 is 0 Å². The van der Waals surface area contributed by atoms with Gasteiger partial charge in [0.1, 0.15) is 17.3 Å². The number of para-hydroxylation sites is 2. The second-order valence-electron chi connectivity index (χ2n) is 6.37. The Morgan fingerprint density at radius 2 is 1.78 bits per heavy atom. The number of amides is 2. The van der Waals surface area contributed by atoms with E-state index in [0.717, 1.165) is 29.8 Å². The van der Waals surface area contributed by atoms with Crippen LogP contribution in [-0.4, -0.2) is 42.9 Å². The van der Waals surface area contributed by atoms with Crippen LogP contribution in [0.15, 0.2) is 42.5 Å². The highest BCUT2D eigenvalue weighted by Crippen LogP contribution is 2.27. The minimum absolute atomic E-state index is 0.0536. The fourth-order valence-electron chi connectivity index (χ4n) is 3.15. The van der Waals surface area contributed by atoms with Crippen molar-refractivity contribution in [1.29, 1.82) is 0 Å². The maximum Gasteiger partial charge on any atom is 0.241 e. The molecular weight excluding hydrogens is 352 g/mol. The van der Waals surface area contributed by atoms with Crippen LogP contribution in [0.25, 0.3) is 0 Å². The van der Waals surface area contributed by atoms with Gasteiger partial charge in [-0.25, -0.2) is 8.78 Å². The standard InChI is InChI=1S/C20H21F2N3O2/c1-2-24(12-18(26)23-20-15(21)7-5-8-16(20)22)13-19(27)25-11-10-14-6-3-4-9-17(14)25/h3-9H,2,10-13H2,1H3,(H,23,26). The average Bonchev–Trinajstić information content (AvgIpc) is 3.08. The van der Waals surface area contributed by atoms with Crippen molar-refractivity contribution >= 4 is 23.2 Å². The van der Waals surface area contributed by atoms with Gasteiger partial charge in [0.05, 0.1) is 13.1 Å². The van der Waals surface area contributed by atoms with Crippen molar-refractivity contribution in [2.75, 3.05) is 36.4 Å². The van der Waals surface area contributed by atoms with Crippen LogP contribution in [0.3, 0.4) is 0 Å². The molecule has 1 aliphatic heterocycles. The summed E-state index contributed by atoms with van der Waals surface area (Å²) in [6.45, 7) is 2.81. The fourth-order valence-corrected chi connectivity index (χ4v) is 3.15. The summed E-state index contributed by atoms with van der Waals surface area (Å²) in [5, 5.41) is 2.25. The minimum Gasteiger partial charge on any atom is -0.320 e. The maximum absolute atomic E-state index is 13.7. The van der Waals surface area contributed by atoms with Gasteiger partial charge in [0.15, 0.2) is 0 Å². The van der Waals surface area contributed by atoms with E-state index < -0.39 is 23.2 Å². The molecule has 1 N–H and O–H groups in total. The van der Waals surface area contributed by atoms with Crippen molar-refractivity contribution in [3.63, 3.8) is 0 Å². The van der Waals surface area contributed by atoms with Crippen molar-refractivity contribution in [2.24, 2.45) is 0 Å².